The molecule has 220 valence electrons. The molecule has 3 aliphatic rings. The Hall–Kier alpha value is -1.80. The van der Waals surface area contributed by atoms with Gasteiger partial charge < -0.3 is 19.6 Å². The van der Waals surface area contributed by atoms with Crippen LogP contribution in [0.15, 0.2) is 25.3 Å². The number of allylic oxidation sites excluding steroid dienone is 1. The Morgan fingerprint density at radius 3 is 2.44 bits per heavy atom. The summed E-state index contributed by atoms with van der Waals surface area (Å²) in [6.45, 7) is 22.5. The predicted octanol–water partition coefficient (Wildman–Crippen LogP) is 4.98. The molecule has 3 heterocycles. The zero-order valence-corrected chi connectivity index (χ0v) is 25.9. The Kier molecular flexibility index (Phi) is 9.43. The predicted molar refractivity (Wildman–Crippen MR) is 157 cm³/mol. The molecule has 3 saturated heterocycles. The van der Waals surface area contributed by atoms with Crippen molar-refractivity contribution in [1.29, 1.82) is 0 Å². The summed E-state index contributed by atoms with van der Waals surface area (Å²) in [5.74, 6) is -1.96. The first-order valence-corrected chi connectivity index (χ1v) is 15.2. The summed E-state index contributed by atoms with van der Waals surface area (Å²) in [6.07, 6.45) is 8.25. The van der Waals surface area contributed by atoms with Gasteiger partial charge >= 0.3 is 5.97 Å². The van der Waals surface area contributed by atoms with Crippen molar-refractivity contribution in [2.24, 2.45) is 17.3 Å². The number of nitrogens with zero attached hydrogens (tertiary/aromatic N) is 2. The number of ether oxygens (including phenoxy) is 1. The van der Waals surface area contributed by atoms with Gasteiger partial charge in [0, 0.05) is 16.8 Å². The van der Waals surface area contributed by atoms with E-state index in [9.17, 15) is 19.5 Å². The zero-order valence-electron chi connectivity index (χ0n) is 25.1. The van der Waals surface area contributed by atoms with Crippen LogP contribution in [0.5, 0.6) is 0 Å². The number of fused-ring (bicyclic) bond motifs is 1. The topological polar surface area (TPSA) is 87.1 Å². The van der Waals surface area contributed by atoms with Crippen molar-refractivity contribution in [2.75, 3.05) is 19.8 Å². The standard InChI is InChI=1S/C31H50N2O5S/c1-10-12-13-14-18-38-27(37)23-22-25(35)33(21(3)19-34)24(31(22)16-15-30(23,9)39-31)26(36)32(17-11-2)29(7,8)20-28(4,5)6/h10-11,21-24,34H,1-2,12-20H2,3-9H3/t21-,22+,23+,24?,30-,31?/m1/s1. The molecular weight excluding hydrogens is 512 g/mol. The summed E-state index contributed by atoms with van der Waals surface area (Å²) >= 11 is 1.64. The van der Waals surface area contributed by atoms with Gasteiger partial charge in [-0.3, -0.25) is 14.4 Å². The highest BCUT2D eigenvalue weighted by atomic mass is 32.2. The van der Waals surface area contributed by atoms with Crippen molar-refractivity contribution in [2.45, 2.75) is 114 Å². The van der Waals surface area contributed by atoms with Crippen molar-refractivity contribution in [1.82, 2.24) is 9.80 Å². The number of carbonyl (C=O) groups excluding carboxylic acids is 3. The third kappa shape index (κ3) is 5.83. The highest BCUT2D eigenvalue weighted by Gasteiger charge is 2.78. The molecule has 6 atom stereocenters. The minimum Gasteiger partial charge on any atom is -0.465 e. The van der Waals surface area contributed by atoms with E-state index < -0.39 is 39.0 Å². The second kappa shape index (κ2) is 11.6. The highest BCUT2D eigenvalue weighted by Crippen LogP contribution is 2.71. The summed E-state index contributed by atoms with van der Waals surface area (Å²) in [4.78, 5) is 45.9. The molecule has 0 aromatic carbocycles. The van der Waals surface area contributed by atoms with Gasteiger partial charge in [-0.25, -0.2) is 0 Å². The minimum atomic E-state index is -0.770. The Labute approximate surface area is 239 Å². The summed E-state index contributed by atoms with van der Waals surface area (Å²) in [6, 6.07) is -1.32. The number of unbranched alkanes of at least 4 members (excludes halogenated alkanes) is 2. The van der Waals surface area contributed by atoms with E-state index in [1.165, 1.54) is 0 Å². The van der Waals surface area contributed by atoms with E-state index in [1.54, 1.807) is 29.7 Å². The molecule has 0 saturated carbocycles. The van der Waals surface area contributed by atoms with E-state index in [1.807, 2.05) is 17.9 Å². The third-order valence-corrected chi connectivity index (χ3v) is 10.7. The lowest BCUT2D eigenvalue weighted by Crippen LogP contribution is -2.61. The van der Waals surface area contributed by atoms with Gasteiger partial charge in [-0.2, -0.15) is 0 Å². The maximum absolute atomic E-state index is 14.7. The summed E-state index contributed by atoms with van der Waals surface area (Å²) in [5, 5.41) is 10.2. The second-order valence-corrected chi connectivity index (χ2v) is 15.6. The molecule has 0 aliphatic carbocycles. The first-order chi connectivity index (χ1) is 18.1. The van der Waals surface area contributed by atoms with Gasteiger partial charge in [-0.05, 0) is 71.6 Å². The number of aliphatic hydroxyl groups is 1. The van der Waals surface area contributed by atoms with Crippen molar-refractivity contribution in [3.05, 3.63) is 25.3 Å². The molecule has 3 fully saturated rings. The number of esters is 1. The summed E-state index contributed by atoms with van der Waals surface area (Å²) in [5.41, 5.74) is -0.521. The van der Waals surface area contributed by atoms with E-state index in [4.69, 9.17) is 4.74 Å². The van der Waals surface area contributed by atoms with Gasteiger partial charge in [0.2, 0.25) is 11.8 Å². The Balaban J connectivity index is 2.02. The molecule has 1 N–H and O–H groups in total. The fourth-order valence-electron chi connectivity index (χ4n) is 7.52. The van der Waals surface area contributed by atoms with Crippen molar-refractivity contribution in [3.63, 3.8) is 0 Å². The number of carbonyl (C=O) groups is 3. The number of rotatable bonds is 13. The van der Waals surface area contributed by atoms with Crippen LogP contribution in [-0.2, 0) is 19.1 Å². The zero-order chi connectivity index (χ0) is 29.4. The molecule has 0 aromatic rings. The van der Waals surface area contributed by atoms with Gasteiger partial charge in [-0.15, -0.1) is 24.9 Å². The van der Waals surface area contributed by atoms with E-state index >= 15 is 0 Å². The van der Waals surface area contributed by atoms with Crippen LogP contribution in [0.25, 0.3) is 0 Å². The molecule has 2 bridgehead atoms. The van der Waals surface area contributed by atoms with Gasteiger partial charge in [0.15, 0.2) is 0 Å². The molecule has 1 spiro atoms. The summed E-state index contributed by atoms with van der Waals surface area (Å²) in [7, 11) is 0. The van der Waals surface area contributed by atoms with Crippen LogP contribution >= 0.6 is 11.8 Å². The molecule has 3 aliphatic heterocycles. The average molecular weight is 563 g/mol. The molecular formula is C31H50N2O5S. The van der Waals surface area contributed by atoms with E-state index in [-0.39, 0.29) is 29.8 Å². The Morgan fingerprint density at radius 1 is 1.21 bits per heavy atom. The molecule has 3 rings (SSSR count). The van der Waals surface area contributed by atoms with Crippen LogP contribution in [0, 0.1) is 17.3 Å². The SMILES string of the molecule is C=CCCCCOC(=O)[C@@H]1[C@H]2C(=O)N([C@H](C)CO)C(C(=O)N(CC=C)C(C)(C)CC(C)(C)C)C23CC[C@@]1(C)S3. The highest BCUT2D eigenvalue weighted by molar-refractivity contribution is 8.02. The minimum absolute atomic E-state index is 0.0256. The number of hydrogen-bond donors (Lipinski definition) is 1. The second-order valence-electron chi connectivity index (χ2n) is 13.7. The number of aliphatic hydroxyl groups excluding tert-OH is 1. The number of likely N-dealkylation sites (tertiary alicyclic amines) is 1. The van der Waals surface area contributed by atoms with E-state index in [2.05, 4.69) is 47.8 Å². The fourth-order valence-corrected chi connectivity index (χ4v) is 9.85. The molecule has 2 amide bonds. The number of amides is 2. The third-order valence-electron chi connectivity index (χ3n) is 8.76. The Bertz CT molecular complexity index is 975. The molecule has 39 heavy (non-hydrogen) atoms. The van der Waals surface area contributed by atoms with E-state index in [0.717, 1.165) is 32.1 Å². The van der Waals surface area contributed by atoms with Crippen LogP contribution in [-0.4, -0.2) is 79.6 Å². The molecule has 0 radical (unpaired) electrons. The lowest BCUT2D eigenvalue weighted by Gasteiger charge is -2.46. The van der Waals surface area contributed by atoms with Crippen molar-refractivity contribution >= 4 is 29.5 Å². The van der Waals surface area contributed by atoms with Gasteiger partial charge in [0.25, 0.3) is 0 Å². The van der Waals surface area contributed by atoms with E-state index in [0.29, 0.717) is 19.6 Å². The fraction of sp³-hybridized carbons (Fsp3) is 0.774. The summed E-state index contributed by atoms with van der Waals surface area (Å²) < 4.78 is 4.52. The number of thioether (sulfide) groups is 1. The maximum Gasteiger partial charge on any atom is 0.311 e. The maximum atomic E-state index is 14.7. The number of hydrogen-bond acceptors (Lipinski definition) is 6. The molecule has 2 unspecified atom stereocenters. The first-order valence-electron chi connectivity index (χ1n) is 14.4. The largest absolute Gasteiger partial charge is 0.465 e. The first kappa shape index (κ1) is 31.7. The van der Waals surface area contributed by atoms with Crippen molar-refractivity contribution < 1.29 is 24.2 Å². The van der Waals surface area contributed by atoms with Gasteiger partial charge in [0.1, 0.15) is 6.04 Å². The lowest BCUT2D eigenvalue weighted by atomic mass is 9.66. The van der Waals surface area contributed by atoms with Crippen molar-refractivity contribution in [3.8, 4) is 0 Å². The van der Waals surface area contributed by atoms with Crippen LogP contribution in [0.4, 0.5) is 0 Å². The van der Waals surface area contributed by atoms with Gasteiger partial charge in [-0.1, -0.05) is 32.9 Å². The molecule has 7 nitrogen and oxygen atoms in total. The average Bonchev–Trinajstić information content (AvgIpc) is 3.40. The Morgan fingerprint density at radius 2 is 1.87 bits per heavy atom. The molecule has 0 aromatic heterocycles. The van der Waals surface area contributed by atoms with Crippen LogP contribution in [0.1, 0.15) is 87.0 Å². The normalized spacial score (nSPS) is 30.7. The van der Waals surface area contributed by atoms with Crippen LogP contribution < -0.4 is 0 Å². The van der Waals surface area contributed by atoms with Gasteiger partial charge in [0.05, 0.1) is 35.8 Å². The van der Waals surface area contributed by atoms with Crippen LogP contribution in [0.3, 0.4) is 0 Å². The van der Waals surface area contributed by atoms with Crippen LogP contribution in [0.2, 0.25) is 0 Å². The monoisotopic (exact) mass is 562 g/mol. The quantitative estimate of drug-likeness (QED) is 0.194. The lowest BCUT2D eigenvalue weighted by molar-refractivity contribution is -0.156. The molecule has 8 heteroatoms. The smallest absolute Gasteiger partial charge is 0.311 e.